The van der Waals surface area contributed by atoms with E-state index in [1.807, 2.05) is 0 Å². The van der Waals surface area contributed by atoms with Crippen molar-refractivity contribution >= 4 is 69.9 Å². The Morgan fingerprint density at radius 2 is 1.68 bits per heavy atom. The van der Waals surface area contributed by atoms with Crippen LogP contribution in [0.5, 0.6) is 0 Å². The fourth-order valence-corrected chi connectivity index (χ4v) is 10.4. The van der Waals surface area contributed by atoms with Gasteiger partial charge in [-0.1, -0.05) is 37.3 Å². The van der Waals surface area contributed by atoms with Crippen molar-refractivity contribution in [1.82, 2.24) is 40.6 Å². The zero-order chi connectivity index (χ0) is 57.0. The molecule has 25 heteroatoms. The lowest BCUT2D eigenvalue weighted by atomic mass is 9.80. The SMILES string of the molecule is CC[C@@]1(O)C(=O)OCc2c1cc1n(c2=O)Cc2c-1nc1cc(F)c(C)c3c1c2[C@@H](N(CC(C(N)=O)C(=O)C(C)OCCNC(=O)CCN1C(=O)C=CC1=O)C(=O)CNC(=O)[C@H](Cc1ccccc1)NC(=O)CNC(=O)CN)CC3. The molecule has 2 aromatic carbocycles. The monoisotopic (exact) mass is 1090 g/mol. The molecule has 9 N–H and O–H groups in total. The number of nitrogens with zero attached hydrogens (tertiary/aromatic N) is 4. The molecule has 2 aromatic heterocycles. The van der Waals surface area contributed by atoms with Crippen LogP contribution in [-0.4, -0.2) is 141 Å². The maximum Gasteiger partial charge on any atom is 0.343 e. The molecule has 4 aromatic rings. The standard InChI is InChI=1S/C54H59FN10O14/c1-4-54(77)34-19-39-48-31(24-65(39)52(75)33(34)26-79-53(54)76)47-38(11-10-30-27(2)35(55)20-36(62-48)46(30)47)64(45(71)23-60-51(74)37(18-29-8-6-5-7-9-29)61-42(68)22-59-41(67)21-56)25-32(50(57)73)49(72)28(3)78-17-15-58-40(66)14-16-63-43(69)12-13-44(63)70/h5-9,12-13,19-20,28,32,37-38,77H,4,10-11,14-18,21-26,56H2,1-3H3,(H2,57,73)(H,58,66)(H,59,67)(H,60,74)(H,61,68)/t28?,32?,37-,38-,54-/m0/s1. The van der Waals surface area contributed by atoms with Gasteiger partial charge in [0.2, 0.25) is 35.4 Å². The van der Waals surface area contributed by atoms with Crippen LogP contribution in [0.2, 0.25) is 0 Å². The predicted molar refractivity (Wildman–Crippen MR) is 276 cm³/mol. The number of ketones is 1. The number of aliphatic hydroxyl groups is 1. The molecule has 0 spiro atoms. The van der Waals surface area contributed by atoms with E-state index >= 15 is 9.18 Å². The van der Waals surface area contributed by atoms with Gasteiger partial charge in [-0.2, -0.15) is 0 Å². The van der Waals surface area contributed by atoms with Crippen molar-refractivity contribution in [2.75, 3.05) is 45.9 Å². The molecule has 1 aliphatic carbocycles. The van der Waals surface area contributed by atoms with E-state index in [0.717, 1.165) is 17.1 Å². The molecule has 8 rings (SSSR count). The number of primary amides is 1. The molecule has 416 valence electrons. The Balaban J connectivity index is 1.13. The van der Waals surface area contributed by atoms with Gasteiger partial charge in [0, 0.05) is 67.2 Å². The van der Waals surface area contributed by atoms with Gasteiger partial charge in [-0.15, -0.1) is 0 Å². The fraction of sp³-hybridized carbons (Fsp3) is 0.407. The molecule has 0 radical (unpaired) electrons. The Kier molecular flexibility index (Phi) is 16.9. The first-order valence-electron chi connectivity index (χ1n) is 25.6. The number of nitrogens with two attached hydrogens (primary N) is 2. The third-order valence-corrected chi connectivity index (χ3v) is 14.7. The second kappa shape index (κ2) is 23.6. The highest BCUT2D eigenvalue weighted by Gasteiger charge is 2.47. The van der Waals surface area contributed by atoms with Gasteiger partial charge in [0.05, 0.1) is 61.3 Å². The summed E-state index contributed by atoms with van der Waals surface area (Å²) >= 11 is 0. The van der Waals surface area contributed by atoms with Crippen LogP contribution in [0.1, 0.15) is 78.1 Å². The lowest BCUT2D eigenvalue weighted by Gasteiger charge is -2.39. The summed E-state index contributed by atoms with van der Waals surface area (Å²) in [4.78, 5) is 153. The predicted octanol–water partition coefficient (Wildman–Crippen LogP) is -1.23. The Morgan fingerprint density at radius 1 is 0.962 bits per heavy atom. The number of carbonyl (C=O) groups is 10. The number of hydrogen-bond donors (Lipinski definition) is 7. The molecule has 79 heavy (non-hydrogen) atoms. The fourth-order valence-electron chi connectivity index (χ4n) is 10.4. The zero-order valence-electron chi connectivity index (χ0n) is 43.5. The Bertz CT molecular complexity index is 3290. The number of aryl methyl sites for hydroxylation is 1. The second-order valence-electron chi connectivity index (χ2n) is 19.6. The maximum atomic E-state index is 15.9. The van der Waals surface area contributed by atoms with E-state index in [9.17, 15) is 53.1 Å². The van der Waals surface area contributed by atoms with Crippen molar-refractivity contribution < 1.29 is 66.9 Å². The molecular weight excluding hydrogens is 1030 g/mol. The van der Waals surface area contributed by atoms with Gasteiger partial charge in [0.25, 0.3) is 17.4 Å². The molecule has 5 heterocycles. The number of nitrogens with one attached hydrogen (secondary N) is 4. The number of ether oxygens (including phenoxy) is 2. The number of aromatic nitrogens is 2. The summed E-state index contributed by atoms with van der Waals surface area (Å²) in [6, 6.07) is 8.87. The van der Waals surface area contributed by atoms with E-state index < -0.39 is 133 Å². The topological polar surface area (TPSA) is 351 Å². The van der Waals surface area contributed by atoms with Crippen molar-refractivity contribution in [2.24, 2.45) is 17.4 Å². The highest BCUT2D eigenvalue weighted by molar-refractivity contribution is 6.13. The molecule has 0 saturated heterocycles. The van der Waals surface area contributed by atoms with Crippen LogP contribution >= 0.6 is 0 Å². The Hall–Kier alpha value is -8.55. The highest BCUT2D eigenvalue weighted by atomic mass is 19.1. The minimum absolute atomic E-state index is 0.0139. The second-order valence-corrected chi connectivity index (χ2v) is 19.6. The number of cyclic esters (lactones) is 1. The number of halogens is 1. The minimum Gasteiger partial charge on any atom is -0.458 e. The molecule has 5 atom stereocenters. The molecule has 0 saturated carbocycles. The summed E-state index contributed by atoms with van der Waals surface area (Å²) in [5.41, 5.74) is 11.3. The first-order valence-corrected chi connectivity index (χ1v) is 25.6. The van der Waals surface area contributed by atoms with Crippen LogP contribution in [0, 0.1) is 18.7 Å². The number of amides is 8. The summed E-state index contributed by atoms with van der Waals surface area (Å²) in [5.74, 6) is -10.0. The minimum atomic E-state index is -2.19. The van der Waals surface area contributed by atoms with Gasteiger partial charge in [-0.05, 0) is 61.4 Å². The van der Waals surface area contributed by atoms with E-state index in [1.165, 1.54) is 28.5 Å². The molecular formula is C54H59FN10O14. The Morgan fingerprint density at radius 3 is 2.37 bits per heavy atom. The third kappa shape index (κ3) is 11.5. The quantitative estimate of drug-likeness (QED) is 0.0174. The van der Waals surface area contributed by atoms with E-state index in [4.69, 9.17) is 25.9 Å². The average Bonchev–Trinajstić information content (AvgIpc) is 4.19. The van der Waals surface area contributed by atoms with Gasteiger partial charge in [-0.3, -0.25) is 52.8 Å². The van der Waals surface area contributed by atoms with E-state index in [1.54, 1.807) is 44.2 Å². The van der Waals surface area contributed by atoms with Gasteiger partial charge < -0.3 is 56.8 Å². The van der Waals surface area contributed by atoms with Gasteiger partial charge >= 0.3 is 5.97 Å². The van der Waals surface area contributed by atoms with Crippen molar-refractivity contribution in [3.63, 3.8) is 0 Å². The average molecular weight is 1090 g/mol. The Labute approximate surface area is 450 Å². The number of imide groups is 1. The normalized spacial score (nSPS) is 17.9. The molecule has 0 fully saturated rings. The zero-order valence-corrected chi connectivity index (χ0v) is 43.5. The van der Waals surface area contributed by atoms with E-state index in [-0.39, 0.29) is 91.9 Å². The van der Waals surface area contributed by atoms with Crippen LogP contribution in [0.3, 0.4) is 0 Å². The molecule has 3 aliphatic heterocycles. The van der Waals surface area contributed by atoms with Gasteiger partial charge in [0.15, 0.2) is 11.4 Å². The lowest BCUT2D eigenvalue weighted by Crippen LogP contribution is -2.54. The number of carbonyl (C=O) groups excluding carboxylic acids is 10. The summed E-state index contributed by atoms with van der Waals surface area (Å²) in [5, 5.41) is 22.1. The van der Waals surface area contributed by atoms with Crippen LogP contribution in [0.15, 0.2) is 59.4 Å². The highest BCUT2D eigenvalue weighted by Crippen LogP contribution is 2.48. The molecule has 8 amide bonds. The van der Waals surface area contributed by atoms with Crippen LogP contribution in [0.25, 0.3) is 22.3 Å². The number of rotatable bonds is 23. The first kappa shape index (κ1) is 56.6. The number of hydrogen-bond acceptors (Lipinski definition) is 16. The van der Waals surface area contributed by atoms with Crippen LogP contribution in [0.4, 0.5) is 4.39 Å². The lowest BCUT2D eigenvalue weighted by molar-refractivity contribution is -0.172. The van der Waals surface area contributed by atoms with E-state index in [0.29, 0.717) is 27.6 Å². The van der Waals surface area contributed by atoms with Crippen LogP contribution < -0.4 is 38.3 Å². The summed E-state index contributed by atoms with van der Waals surface area (Å²) in [7, 11) is 0. The maximum absolute atomic E-state index is 15.9. The molecule has 0 bridgehead atoms. The van der Waals surface area contributed by atoms with Crippen molar-refractivity contribution in [1.29, 1.82) is 0 Å². The smallest absolute Gasteiger partial charge is 0.343 e. The van der Waals surface area contributed by atoms with Crippen molar-refractivity contribution in [2.45, 2.75) is 89.8 Å². The molecule has 2 unspecified atom stereocenters. The molecule has 4 aliphatic rings. The number of esters is 1. The number of Topliss-reactive ketones (excluding diaryl/α,β-unsaturated/α-hetero) is 1. The first-order chi connectivity index (χ1) is 37.7. The number of pyridine rings is 2. The van der Waals surface area contributed by atoms with Crippen molar-refractivity contribution in [3.8, 4) is 11.4 Å². The van der Waals surface area contributed by atoms with Crippen LogP contribution in [-0.2, 0) is 89.0 Å². The number of fused-ring (bicyclic) bond motifs is 5. The largest absolute Gasteiger partial charge is 0.458 e. The van der Waals surface area contributed by atoms with Gasteiger partial charge in [-0.25, -0.2) is 14.2 Å². The number of benzene rings is 2. The van der Waals surface area contributed by atoms with E-state index in [2.05, 4.69) is 21.3 Å². The molecule has 24 nitrogen and oxygen atoms in total. The third-order valence-electron chi connectivity index (χ3n) is 14.7. The summed E-state index contributed by atoms with van der Waals surface area (Å²) in [6.45, 7) is 0.911. The van der Waals surface area contributed by atoms with Gasteiger partial charge in [0.1, 0.15) is 30.5 Å². The summed E-state index contributed by atoms with van der Waals surface area (Å²) in [6.07, 6.45) is 0.559. The summed E-state index contributed by atoms with van der Waals surface area (Å²) < 4.78 is 28.3. The van der Waals surface area contributed by atoms with Crippen molar-refractivity contribution in [3.05, 3.63) is 110 Å².